The van der Waals surface area contributed by atoms with Gasteiger partial charge < -0.3 is 20.1 Å². The predicted octanol–water partition coefficient (Wildman–Crippen LogP) is 2.66. The van der Waals surface area contributed by atoms with Crippen molar-refractivity contribution in [2.45, 2.75) is 77.8 Å². The van der Waals surface area contributed by atoms with Gasteiger partial charge >= 0.3 is 5.97 Å². The second-order valence-electron chi connectivity index (χ2n) is 11.4. The number of hydrogen-bond acceptors (Lipinski definition) is 8. The Morgan fingerprint density at radius 3 is 2.48 bits per heavy atom. The molecule has 226 valence electrons. The van der Waals surface area contributed by atoms with Gasteiger partial charge in [-0.25, -0.2) is 10.4 Å². The smallest absolute Gasteiger partial charge is 0.325 e. The van der Waals surface area contributed by atoms with Gasteiger partial charge in [0.15, 0.2) is 0 Å². The molecule has 3 heterocycles. The van der Waals surface area contributed by atoms with Gasteiger partial charge in [0, 0.05) is 19.0 Å². The Morgan fingerprint density at radius 2 is 1.76 bits per heavy atom. The number of carbonyl (C=O) groups excluding carboxylic acids is 4. The fourth-order valence-electron chi connectivity index (χ4n) is 5.11. The van der Waals surface area contributed by atoms with Crippen molar-refractivity contribution in [1.82, 2.24) is 26.1 Å². The van der Waals surface area contributed by atoms with E-state index in [1.807, 2.05) is 50.3 Å². The minimum atomic E-state index is -0.901. The van der Waals surface area contributed by atoms with Gasteiger partial charge in [0.05, 0.1) is 23.2 Å². The van der Waals surface area contributed by atoms with Crippen molar-refractivity contribution < 1.29 is 28.7 Å². The molecule has 0 saturated carbocycles. The number of methoxy groups -OCH3 is 1. The summed E-state index contributed by atoms with van der Waals surface area (Å²) in [5.41, 5.74) is 5.09. The molecule has 1 saturated heterocycles. The highest BCUT2D eigenvalue weighted by molar-refractivity contribution is 5.93. The zero-order chi connectivity index (χ0) is 30.6. The molecular weight excluding hydrogens is 538 g/mol. The second kappa shape index (κ2) is 13.4. The van der Waals surface area contributed by atoms with Crippen LogP contribution in [0.5, 0.6) is 0 Å². The highest BCUT2D eigenvalue weighted by atomic mass is 16.5. The van der Waals surface area contributed by atoms with E-state index in [4.69, 9.17) is 14.5 Å². The van der Waals surface area contributed by atoms with E-state index in [2.05, 4.69) is 16.1 Å². The standard InChI is InChI=1S/C31H41N5O6/c1-17(2)27-29(38)32-18(3)30(39)36-15-7-8-25(35-36)31(40)42-20(5)24-14-12-22-11-9-21(16-26(22)33-24)10-13-23(19(4)41-6)28(37)34-27/h9-14,16-20,23,25,27,35H,7-8,15H2,1-6H3,(H,32,38)(H,34,37)/t18-,19+,20-,23-,25+,27+/m1/s1. The number of carbonyl (C=O) groups is 4. The van der Waals surface area contributed by atoms with Crippen LogP contribution in [-0.4, -0.2) is 71.6 Å². The van der Waals surface area contributed by atoms with Crippen LogP contribution in [0.3, 0.4) is 0 Å². The number of cyclic esters (lactones) is 1. The van der Waals surface area contributed by atoms with Crippen molar-refractivity contribution in [3.8, 4) is 0 Å². The molecule has 0 unspecified atom stereocenters. The van der Waals surface area contributed by atoms with Crippen LogP contribution in [0.2, 0.25) is 0 Å². The quantitative estimate of drug-likeness (QED) is 0.472. The Kier molecular flexibility index (Phi) is 9.95. The average Bonchev–Trinajstić information content (AvgIpc) is 2.98. The molecule has 1 aromatic heterocycles. The molecule has 4 rings (SSSR count). The molecule has 2 aliphatic rings. The number of fused-ring (bicyclic) bond motifs is 4. The summed E-state index contributed by atoms with van der Waals surface area (Å²) in [6.07, 6.45) is 3.57. The Bertz CT molecular complexity index is 1360. The third-order valence-electron chi connectivity index (χ3n) is 7.84. The first-order valence-corrected chi connectivity index (χ1v) is 14.5. The summed E-state index contributed by atoms with van der Waals surface area (Å²) in [6.45, 7) is 9.15. The monoisotopic (exact) mass is 579 g/mol. The van der Waals surface area contributed by atoms with Crippen LogP contribution in [0.1, 0.15) is 64.8 Å². The molecule has 0 spiro atoms. The van der Waals surface area contributed by atoms with Crippen molar-refractivity contribution in [2.75, 3.05) is 13.7 Å². The number of benzene rings is 1. The average molecular weight is 580 g/mol. The lowest BCUT2D eigenvalue weighted by Gasteiger charge is -2.35. The number of esters is 1. The molecule has 42 heavy (non-hydrogen) atoms. The third-order valence-corrected chi connectivity index (χ3v) is 7.84. The van der Waals surface area contributed by atoms with Gasteiger partial charge in [-0.15, -0.1) is 0 Å². The van der Waals surface area contributed by atoms with Gasteiger partial charge in [0.1, 0.15) is 24.2 Å². The molecule has 5 bridgehead atoms. The lowest BCUT2D eigenvalue weighted by molar-refractivity contribution is -0.157. The molecule has 6 atom stereocenters. The predicted molar refractivity (Wildman–Crippen MR) is 157 cm³/mol. The summed E-state index contributed by atoms with van der Waals surface area (Å²) in [6, 6.07) is 7.00. The van der Waals surface area contributed by atoms with Crippen LogP contribution >= 0.6 is 0 Å². The van der Waals surface area contributed by atoms with Crippen LogP contribution in [0.4, 0.5) is 0 Å². The maximum Gasteiger partial charge on any atom is 0.325 e. The zero-order valence-corrected chi connectivity index (χ0v) is 25.0. The highest BCUT2D eigenvalue weighted by Crippen LogP contribution is 2.23. The van der Waals surface area contributed by atoms with E-state index in [1.54, 1.807) is 26.8 Å². The highest BCUT2D eigenvalue weighted by Gasteiger charge is 2.35. The van der Waals surface area contributed by atoms with Crippen molar-refractivity contribution in [3.05, 3.63) is 47.7 Å². The van der Waals surface area contributed by atoms with E-state index in [1.165, 1.54) is 12.1 Å². The van der Waals surface area contributed by atoms with E-state index >= 15 is 0 Å². The van der Waals surface area contributed by atoms with Gasteiger partial charge in [-0.2, -0.15) is 0 Å². The molecule has 11 heteroatoms. The second-order valence-corrected chi connectivity index (χ2v) is 11.4. The summed E-state index contributed by atoms with van der Waals surface area (Å²) in [5, 5.41) is 7.88. The van der Waals surface area contributed by atoms with Crippen molar-refractivity contribution in [3.63, 3.8) is 0 Å². The summed E-state index contributed by atoms with van der Waals surface area (Å²) in [7, 11) is 1.53. The molecule has 0 radical (unpaired) electrons. The molecule has 11 nitrogen and oxygen atoms in total. The van der Waals surface area contributed by atoms with Crippen LogP contribution in [0.25, 0.3) is 17.0 Å². The number of hydrazine groups is 1. The van der Waals surface area contributed by atoms with E-state index in [0.29, 0.717) is 30.6 Å². The number of amides is 3. The SMILES string of the molecule is CO[C@@H](C)[C@H]1C=Cc2ccc3ccc(nc3c2)[C@@H](C)OC(=O)[C@@H]2CCCN(N2)C(=O)[C@@H](C)NC(=O)[C@H](C(C)C)NC1=O. The number of nitrogens with zero attached hydrogens (tertiary/aromatic N) is 2. The van der Waals surface area contributed by atoms with Crippen molar-refractivity contribution in [2.24, 2.45) is 11.8 Å². The van der Waals surface area contributed by atoms with Gasteiger partial charge in [-0.05, 0) is 57.2 Å². The number of nitrogens with one attached hydrogen (secondary N) is 3. The normalized spacial score (nSPS) is 27.0. The fourth-order valence-corrected chi connectivity index (χ4v) is 5.11. The van der Waals surface area contributed by atoms with E-state index in [-0.39, 0.29) is 11.8 Å². The molecule has 3 N–H and O–H groups in total. The largest absolute Gasteiger partial charge is 0.455 e. The van der Waals surface area contributed by atoms with E-state index in [0.717, 1.165) is 10.9 Å². The minimum absolute atomic E-state index is 0.254. The summed E-state index contributed by atoms with van der Waals surface area (Å²) in [5.74, 6) is -2.67. The Labute approximate surface area is 246 Å². The van der Waals surface area contributed by atoms with Gasteiger partial charge in [0.2, 0.25) is 11.8 Å². The first kappa shape index (κ1) is 31.1. The summed E-state index contributed by atoms with van der Waals surface area (Å²) >= 11 is 0. The third kappa shape index (κ3) is 7.14. The number of pyridine rings is 1. The van der Waals surface area contributed by atoms with Gasteiger partial charge in [-0.3, -0.25) is 24.2 Å². The van der Waals surface area contributed by atoms with E-state index in [9.17, 15) is 19.2 Å². The number of rotatable bonds is 3. The number of aromatic nitrogens is 1. The zero-order valence-electron chi connectivity index (χ0n) is 25.0. The lowest BCUT2D eigenvalue weighted by Crippen LogP contribution is -2.61. The maximum absolute atomic E-state index is 13.5. The molecule has 1 aromatic carbocycles. The first-order valence-electron chi connectivity index (χ1n) is 14.5. The van der Waals surface area contributed by atoms with Crippen LogP contribution in [-0.2, 0) is 28.7 Å². The molecule has 0 aliphatic carbocycles. The fraction of sp³-hybridized carbons (Fsp3) is 0.516. The summed E-state index contributed by atoms with van der Waals surface area (Å²) < 4.78 is 11.3. The Morgan fingerprint density at radius 1 is 1.02 bits per heavy atom. The van der Waals surface area contributed by atoms with Gasteiger partial charge in [-0.1, -0.05) is 44.2 Å². The Hall–Kier alpha value is -3.83. The van der Waals surface area contributed by atoms with Crippen LogP contribution in [0, 0.1) is 11.8 Å². The Balaban J connectivity index is 1.72. The minimum Gasteiger partial charge on any atom is -0.455 e. The summed E-state index contributed by atoms with van der Waals surface area (Å²) in [4.78, 5) is 57.9. The van der Waals surface area contributed by atoms with E-state index < -0.39 is 54.0 Å². The van der Waals surface area contributed by atoms with Crippen LogP contribution < -0.4 is 16.1 Å². The van der Waals surface area contributed by atoms with Crippen molar-refractivity contribution >= 4 is 40.7 Å². The molecule has 3 amide bonds. The van der Waals surface area contributed by atoms with Crippen LogP contribution in [0.15, 0.2) is 36.4 Å². The molecular formula is C31H41N5O6. The lowest BCUT2D eigenvalue weighted by atomic mass is 9.97. The first-order chi connectivity index (χ1) is 20.0. The topological polar surface area (TPSA) is 139 Å². The van der Waals surface area contributed by atoms with Crippen molar-refractivity contribution in [1.29, 1.82) is 0 Å². The number of ether oxygens (including phenoxy) is 2. The maximum atomic E-state index is 13.5. The molecule has 1 fully saturated rings. The molecule has 2 aliphatic heterocycles. The number of hydrogen-bond donors (Lipinski definition) is 3. The van der Waals surface area contributed by atoms with Gasteiger partial charge in [0.25, 0.3) is 5.91 Å². The molecule has 2 aromatic rings.